The van der Waals surface area contributed by atoms with Crippen molar-refractivity contribution in [2.75, 3.05) is 57.8 Å². The third-order valence-electron chi connectivity index (χ3n) is 7.83. The van der Waals surface area contributed by atoms with E-state index in [2.05, 4.69) is 15.9 Å². The maximum Gasteiger partial charge on any atom is 0.416 e. The van der Waals surface area contributed by atoms with Crippen molar-refractivity contribution in [2.24, 2.45) is 5.92 Å². The number of rotatable bonds is 7. The van der Waals surface area contributed by atoms with E-state index in [0.717, 1.165) is 49.2 Å². The highest BCUT2D eigenvalue weighted by Gasteiger charge is 2.39. The van der Waals surface area contributed by atoms with Crippen molar-refractivity contribution < 1.29 is 27.4 Å². The van der Waals surface area contributed by atoms with E-state index in [4.69, 9.17) is 9.47 Å². The minimum atomic E-state index is -4.42. The molecule has 3 aromatic rings. The molecule has 1 amide bonds. The zero-order valence-corrected chi connectivity index (χ0v) is 22.5. The van der Waals surface area contributed by atoms with Crippen LogP contribution in [0.1, 0.15) is 22.6 Å². The van der Waals surface area contributed by atoms with Gasteiger partial charge in [0.2, 0.25) is 0 Å². The van der Waals surface area contributed by atoms with Gasteiger partial charge in [-0.25, -0.2) is 4.79 Å². The Balaban J connectivity index is 1.27. The zero-order valence-electron chi connectivity index (χ0n) is 22.5. The Hall–Kier alpha value is -3.72. The van der Waals surface area contributed by atoms with Gasteiger partial charge in [0.25, 0.3) is 0 Å². The molecule has 2 fully saturated rings. The normalized spacial score (nSPS) is 20.0. The SMILES string of the molecule is COc1cccc(N2CCN(CC3CN(C(=O)OCc4ccccc4)CC3c3cccc(C(F)(F)F)c3)CC2)c1. The number of hydrogen-bond acceptors (Lipinski definition) is 5. The van der Waals surface area contributed by atoms with E-state index >= 15 is 0 Å². The second-order valence-electron chi connectivity index (χ2n) is 10.4. The number of benzene rings is 3. The first-order chi connectivity index (χ1) is 19.3. The van der Waals surface area contributed by atoms with Crippen LogP contribution in [0.15, 0.2) is 78.9 Å². The summed E-state index contributed by atoms with van der Waals surface area (Å²) in [6.45, 7) is 4.90. The molecule has 0 aromatic heterocycles. The Kier molecular flexibility index (Phi) is 8.49. The first kappa shape index (κ1) is 27.8. The Labute approximate surface area is 232 Å². The molecule has 0 N–H and O–H groups in total. The average Bonchev–Trinajstić information content (AvgIpc) is 3.40. The Bertz CT molecular complexity index is 1280. The van der Waals surface area contributed by atoms with Crippen LogP contribution in [-0.4, -0.2) is 68.8 Å². The maximum atomic E-state index is 13.5. The third-order valence-corrected chi connectivity index (χ3v) is 7.83. The molecule has 2 aliphatic rings. The molecule has 0 spiro atoms. The lowest BCUT2D eigenvalue weighted by molar-refractivity contribution is -0.137. The topological polar surface area (TPSA) is 45.2 Å². The number of anilines is 1. The molecule has 3 aromatic carbocycles. The van der Waals surface area contributed by atoms with Crippen molar-refractivity contribution in [1.82, 2.24) is 9.80 Å². The van der Waals surface area contributed by atoms with Gasteiger partial charge in [0.1, 0.15) is 12.4 Å². The summed E-state index contributed by atoms with van der Waals surface area (Å²) < 4.78 is 51.5. The van der Waals surface area contributed by atoms with Crippen LogP contribution in [0, 0.1) is 5.92 Å². The lowest BCUT2D eigenvalue weighted by Gasteiger charge is -2.38. The van der Waals surface area contributed by atoms with Crippen LogP contribution in [0.3, 0.4) is 0 Å². The summed E-state index contributed by atoms with van der Waals surface area (Å²) in [4.78, 5) is 19.3. The highest BCUT2D eigenvalue weighted by atomic mass is 19.4. The first-order valence-corrected chi connectivity index (χ1v) is 13.5. The van der Waals surface area contributed by atoms with Gasteiger partial charge in [-0.2, -0.15) is 13.2 Å². The fourth-order valence-electron chi connectivity index (χ4n) is 5.67. The Morgan fingerprint density at radius 2 is 1.65 bits per heavy atom. The van der Waals surface area contributed by atoms with E-state index in [9.17, 15) is 18.0 Å². The average molecular weight is 554 g/mol. The summed E-state index contributed by atoms with van der Waals surface area (Å²) in [6, 6.07) is 22.9. The van der Waals surface area contributed by atoms with Crippen molar-refractivity contribution in [3.63, 3.8) is 0 Å². The lowest BCUT2D eigenvalue weighted by atomic mass is 9.87. The number of carbonyl (C=O) groups is 1. The molecule has 40 heavy (non-hydrogen) atoms. The van der Waals surface area contributed by atoms with Crippen molar-refractivity contribution in [2.45, 2.75) is 18.7 Å². The largest absolute Gasteiger partial charge is 0.497 e. The minimum absolute atomic E-state index is 0.0175. The van der Waals surface area contributed by atoms with Crippen LogP contribution < -0.4 is 9.64 Å². The molecule has 2 atom stereocenters. The molecule has 212 valence electrons. The predicted octanol–water partition coefficient (Wildman–Crippen LogP) is 5.89. The summed E-state index contributed by atoms with van der Waals surface area (Å²) in [5, 5.41) is 0. The summed E-state index contributed by atoms with van der Waals surface area (Å²) in [6.07, 6.45) is -4.86. The molecule has 5 rings (SSSR count). The van der Waals surface area contributed by atoms with Crippen LogP contribution in [0.2, 0.25) is 0 Å². The van der Waals surface area contributed by atoms with Gasteiger partial charge < -0.3 is 19.3 Å². The van der Waals surface area contributed by atoms with E-state index < -0.39 is 17.8 Å². The minimum Gasteiger partial charge on any atom is -0.497 e. The van der Waals surface area contributed by atoms with Gasteiger partial charge in [0.15, 0.2) is 0 Å². The number of hydrogen-bond donors (Lipinski definition) is 0. The van der Waals surface area contributed by atoms with Crippen molar-refractivity contribution in [3.8, 4) is 5.75 Å². The van der Waals surface area contributed by atoms with Gasteiger partial charge in [0, 0.05) is 63.5 Å². The number of piperazine rings is 1. The van der Waals surface area contributed by atoms with Gasteiger partial charge in [0.05, 0.1) is 12.7 Å². The first-order valence-electron chi connectivity index (χ1n) is 13.5. The fourth-order valence-corrected chi connectivity index (χ4v) is 5.67. The van der Waals surface area contributed by atoms with E-state index in [0.29, 0.717) is 25.2 Å². The summed E-state index contributed by atoms with van der Waals surface area (Å²) in [7, 11) is 1.65. The molecule has 2 saturated heterocycles. The molecular formula is C31H34F3N3O3. The molecule has 2 aliphatic heterocycles. The maximum absolute atomic E-state index is 13.5. The fraction of sp³-hybridized carbons (Fsp3) is 0.387. The number of ether oxygens (including phenoxy) is 2. The van der Waals surface area contributed by atoms with Gasteiger partial charge in [-0.15, -0.1) is 0 Å². The molecule has 2 heterocycles. The quantitative estimate of drug-likeness (QED) is 0.365. The molecule has 0 radical (unpaired) electrons. The van der Waals surface area contributed by atoms with E-state index in [1.807, 2.05) is 48.5 Å². The van der Waals surface area contributed by atoms with E-state index in [-0.39, 0.29) is 18.4 Å². The standard InChI is InChI=1S/C31H34F3N3O3/c1-39-28-12-6-11-27(18-28)36-15-13-35(14-16-36)19-25-20-37(30(38)40-22-23-7-3-2-4-8-23)21-29(25)24-9-5-10-26(17-24)31(32,33)34/h2-12,17-18,25,29H,13-16,19-22H2,1H3. The van der Waals surface area contributed by atoms with Gasteiger partial charge in [-0.05, 0) is 35.2 Å². The molecule has 0 aliphatic carbocycles. The molecule has 2 unspecified atom stereocenters. The summed E-state index contributed by atoms with van der Waals surface area (Å²) in [5.74, 6) is 0.577. The third kappa shape index (κ3) is 6.70. The van der Waals surface area contributed by atoms with Gasteiger partial charge in [-0.3, -0.25) is 4.90 Å². The predicted molar refractivity (Wildman–Crippen MR) is 148 cm³/mol. The summed E-state index contributed by atoms with van der Waals surface area (Å²) >= 11 is 0. The Morgan fingerprint density at radius 3 is 2.38 bits per heavy atom. The second-order valence-corrected chi connectivity index (χ2v) is 10.4. The smallest absolute Gasteiger partial charge is 0.416 e. The molecule has 6 nitrogen and oxygen atoms in total. The molecule has 9 heteroatoms. The van der Waals surface area contributed by atoms with E-state index in [1.54, 1.807) is 18.1 Å². The monoisotopic (exact) mass is 553 g/mol. The van der Waals surface area contributed by atoms with Gasteiger partial charge >= 0.3 is 12.3 Å². The second kappa shape index (κ2) is 12.2. The number of halogens is 3. The number of nitrogens with zero attached hydrogens (tertiary/aromatic N) is 3. The van der Waals surface area contributed by atoms with Crippen LogP contribution in [0.5, 0.6) is 5.75 Å². The van der Waals surface area contributed by atoms with Crippen LogP contribution >= 0.6 is 0 Å². The van der Waals surface area contributed by atoms with E-state index in [1.165, 1.54) is 12.1 Å². The van der Waals surface area contributed by atoms with Crippen molar-refractivity contribution in [1.29, 1.82) is 0 Å². The molecule has 0 saturated carbocycles. The number of amides is 1. The van der Waals surface area contributed by atoms with Crippen molar-refractivity contribution >= 4 is 11.8 Å². The van der Waals surface area contributed by atoms with Crippen LogP contribution in [-0.2, 0) is 17.5 Å². The zero-order chi connectivity index (χ0) is 28.1. The highest BCUT2D eigenvalue weighted by Crippen LogP contribution is 2.37. The van der Waals surface area contributed by atoms with Crippen LogP contribution in [0.25, 0.3) is 0 Å². The Morgan fingerprint density at radius 1 is 0.900 bits per heavy atom. The number of alkyl halides is 3. The van der Waals surface area contributed by atoms with Crippen LogP contribution in [0.4, 0.5) is 23.7 Å². The number of likely N-dealkylation sites (tertiary alicyclic amines) is 1. The number of methoxy groups -OCH3 is 1. The lowest BCUT2D eigenvalue weighted by Crippen LogP contribution is -2.48. The summed E-state index contributed by atoms with van der Waals surface area (Å²) in [5.41, 5.74) is 1.93. The number of carbonyl (C=O) groups excluding carboxylic acids is 1. The highest BCUT2D eigenvalue weighted by molar-refractivity contribution is 5.68. The molecular weight excluding hydrogens is 519 g/mol. The van der Waals surface area contributed by atoms with Gasteiger partial charge in [-0.1, -0.05) is 54.6 Å². The molecule has 0 bridgehead atoms. The van der Waals surface area contributed by atoms with Crippen molar-refractivity contribution in [3.05, 3.63) is 95.6 Å².